The molecule has 0 bridgehead atoms. The third-order valence-corrected chi connectivity index (χ3v) is 4.13. The Kier molecular flexibility index (Phi) is 4.35. The number of rotatable bonds is 4. The molecule has 2 unspecified atom stereocenters. The summed E-state index contributed by atoms with van der Waals surface area (Å²) in [5.74, 6) is -0.269. The summed E-state index contributed by atoms with van der Waals surface area (Å²) in [5, 5.41) is 3.31. The number of likely N-dealkylation sites (tertiary alicyclic amines) is 1. The fourth-order valence-corrected chi connectivity index (χ4v) is 2.64. The highest BCUT2D eigenvalue weighted by atomic mass is 16.2. The Bertz CT molecular complexity index is 306. The molecular weight excluding hydrogens is 230 g/mol. The van der Waals surface area contributed by atoms with Crippen LogP contribution in [-0.2, 0) is 9.59 Å². The van der Waals surface area contributed by atoms with Crippen molar-refractivity contribution in [1.82, 2.24) is 15.1 Å². The lowest BCUT2D eigenvalue weighted by atomic mass is 10.00. The van der Waals surface area contributed by atoms with Gasteiger partial charge in [-0.3, -0.25) is 14.5 Å². The maximum atomic E-state index is 11.9. The first kappa shape index (κ1) is 13.5. The second kappa shape index (κ2) is 5.80. The lowest BCUT2D eigenvalue weighted by molar-refractivity contribution is -0.139. The van der Waals surface area contributed by atoms with Crippen LogP contribution < -0.4 is 5.32 Å². The summed E-state index contributed by atoms with van der Waals surface area (Å²) in [5.41, 5.74) is 0. The second-order valence-corrected chi connectivity index (χ2v) is 5.35. The molecule has 1 N–H and O–H groups in total. The number of piperazine rings is 1. The van der Waals surface area contributed by atoms with E-state index in [1.807, 2.05) is 13.8 Å². The number of hydrogen-bond donors (Lipinski definition) is 1. The predicted molar refractivity (Wildman–Crippen MR) is 69.0 cm³/mol. The largest absolute Gasteiger partial charge is 0.314 e. The number of nitrogens with one attached hydrogen (secondary N) is 1. The Morgan fingerprint density at radius 1 is 1.06 bits per heavy atom. The monoisotopic (exact) mass is 253 g/mol. The fourth-order valence-electron chi connectivity index (χ4n) is 2.64. The van der Waals surface area contributed by atoms with Gasteiger partial charge in [0, 0.05) is 44.6 Å². The standard InChI is InChI=1S/C13H23N3O2/c1-10-11(2)13(18)16(12(10)17)7-3-6-15-8-4-14-5-9-15/h10-11,14H,3-9H2,1-2H3. The van der Waals surface area contributed by atoms with Gasteiger partial charge in [0.1, 0.15) is 0 Å². The third-order valence-electron chi connectivity index (χ3n) is 4.13. The summed E-state index contributed by atoms with van der Waals surface area (Å²) in [7, 11) is 0. The Labute approximate surface area is 108 Å². The van der Waals surface area contributed by atoms with Gasteiger partial charge in [0.15, 0.2) is 0 Å². The second-order valence-electron chi connectivity index (χ2n) is 5.35. The van der Waals surface area contributed by atoms with Crippen LogP contribution in [0.25, 0.3) is 0 Å². The molecule has 2 aliphatic rings. The lowest BCUT2D eigenvalue weighted by Crippen LogP contribution is -2.44. The summed E-state index contributed by atoms with van der Waals surface area (Å²) in [4.78, 5) is 27.6. The number of carbonyl (C=O) groups excluding carboxylic acids is 2. The highest BCUT2D eigenvalue weighted by molar-refractivity contribution is 6.04. The normalized spacial score (nSPS) is 30.2. The van der Waals surface area contributed by atoms with E-state index in [9.17, 15) is 9.59 Å². The molecule has 5 nitrogen and oxygen atoms in total. The zero-order chi connectivity index (χ0) is 13.1. The van der Waals surface area contributed by atoms with Crippen molar-refractivity contribution >= 4 is 11.8 Å². The molecule has 102 valence electrons. The van der Waals surface area contributed by atoms with Crippen molar-refractivity contribution in [2.45, 2.75) is 20.3 Å². The Morgan fingerprint density at radius 2 is 1.61 bits per heavy atom. The van der Waals surface area contributed by atoms with Crippen LogP contribution in [0, 0.1) is 11.8 Å². The minimum absolute atomic E-state index is 0.00723. The summed E-state index contributed by atoms with van der Waals surface area (Å²) in [6.07, 6.45) is 0.886. The molecular formula is C13H23N3O2. The van der Waals surface area contributed by atoms with E-state index in [0.717, 1.165) is 39.1 Å². The van der Waals surface area contributed by atoms with Crippen molar-refractivity contribution in [3.63, 3.8) is 0 Å². The average Bonchev–Trinajstić information content (AvgIpc) is 2.57. The SMILES string of the molecule is CC1C(=O)N(CCCN2CCNCC2)C(=O)C1C. The first-order valence-corrected chi connectivity index (χ1v) is 6.89. The fraction of sp³-hybridized carbons (Fsp3) is 0.846. The molecule has 2 atom stereocenters. The minimum atomic E-state index is -0.142. The quantitative estimate of drug-likeness (QED) is 0.712. The van der Waals surface area contributed by atoms with Gasteiger partial charge in [-0.1, -0.05) is 13.8 Å². The molecule has 0 aromatic carbocycles. The van der Waals surface area contributed by atoms with Crippen molar-refractivity contribution in [3.05, 3.63) is 0 Å². The molecule has 0 saturated carbocycles. The minimum Gasteiger partial charge on any atom is -0.314 e. The van der Waals surface area contributed by atoms with E-state index >= 15 is 0 Å². The first-order valence-electron chi connectivity index (χ1n) is 6.89. The molecule has 0 aromatic rings. The number of carbonyl (C=O) groups is 2. The van der Waals surface area contributed by atoms with Crippen LogP contribution in [0.15, 0.2) is 0 Å². The van der Waals surface area contributed by atoms with Crippen LogP contribution in [0.2, 0.25) is 0 Å². The van der Waals surface area contributed by atoms with E-state index in [-0.39, 0.29) is 23.7 Å². The smallest absolute Gasteiger partial charge is 0.232 e. The number of hydrogen-bond acceptors (Lipinski definition) is 4. The molecule has 2 amide bonds. The molecule has 2 saturated heterocycles. The van der Waals surface area contributed by atoms with Gasteiger partial charge in [-0.05, 0) is 13.0 Å². The van der Waals surface area contributed by atoms with Crippen LogP contribution in [0.1, 0.15) is 20.3 Å². The third kappa shape index (κ3) is 2.72. The van der Waals surface area contributed by atoms with Crippen molar-refractivity contribution in [2.24, 2.45) is 11.8 Å². The zero-order valence-electron chi connectivity index (χ0n) is 11.3. The van der Waals surface area contributed by atoms with E-state index in [0.29, 0.717) is 6.54 Å². The molecule has 2 fully saturated rings. The molecule has 2 aliphatic heterocycles. The molecule has 18 heavy (non-hydrogen) atoms. The van der Waals surface area contributed by atoms with Gasteiger partial charge in [-0.25, -0.2) is 0 Å². The van der Waals surface area contributed by atoms with E-state index in [1.165, 1.54) is 4.90 Å². The maximum absolute atomic E-state index is 11.9. The molecule has 0 spiro atoms. The Hall–Kier alpha value is -0.940. The Morgan fingerprint density at radius 3 is 2.17 bits per heavy atom. The number of nitrogens with zero attached hydrogens (tertiary/aromatic N) is 2. The van der Waals surface area contributed by atoms with Crippen molar-refractivity contribution in [1.29, 1.82) is 0 Å². The van der Waals surface area contributed by atoms with Crippen molar-refractivity contribution in [2.75, 3.05) is 39.3 Å². The van der Waals surface area contributed by atoms with Gasteiger partial charge in [0.05, 0.1) is 0 Å². The van der Waals surface area contributed by atoms with Gasteiger partial charge < -0.3 is 10.2 Å². The van der Waals surface area contributed by atoms with Crippen molar-refractivity contribution < 1.29 is 9.59 Å². The number of imide groups is 1. The van der Waals surface area contributed by atoms with Gasteiger partial charge in [0.25, 0.3) is 0 Å². The molecule has 0 radical (unpaired) electrons. The van der Waals surface area contributed by atoms with Crippen molar-refractivity contribution in [3.8, 4) is 0 Å². The van der Waals surface area contributed by atoms with Crippen LogP contribution in [0.4, 0.5) is 0 Å². The van der Waals surface area contributed by atoms with E-state index < -0.39 is 0 Å². The number of amides is 2. The Balaban J connectivity index is 1.76. The maximum Gasteiger partial charge on any atom is 0.232 e. The summed E-state index contributed by atoms with van der Waals surface area (Å²) < 4.78 is 0. The van der Waals surface area contributed by atoms with Gasteiger partial charge in [-0.2, -0.15) is 0 Å². The summed E-state index contributed by atoms with van der Waals surface area (Å²) in [6.45, 7) is 9.45. The van der Waals surface area contributed by atoms with Crippen LogP contribution in [-0.4, -0.2) is 60.9 Å². The van der Waals surface area contributed by atoms with Crippen LogP contribution >= 0.6 is 0 Å². The van der Waals surface area contributed by atoms with E-state index in [1.54, 1.807) is 0 Å². The zero-order valence-corrected chi connectivity index (χ0v) is 11.3. The van der Waals surface area contributed by atoms with E-state index in [4.69, 9.17) is 0 Å². The van der Waals surface area contributed by atoms with Crippen LogP contribution in [0.3, 0.4) is 0 Å². The molecule has 0 aromatic heterocycles. The van der Waals surface area contributed by atoms with E-state index in [2.05, 4.69) is 10.2 Å². The predicted octanol–water partition coefficient (Wildman–Crippen LogP) is -0.0773. The summed E-state index contributed by atoms with van der Waals surface area (Å²) in [6, 6.07) is 0. The molecule has 5 heteroatoms. The molecule has 0 aliphatic carbocycles. The van der Waals surface area contributed by atoms with Gasteiger partial charge >= 0.3 is 0 Å². The highest BCUT2D eigenvalue weighted by Crippen LogP contribution is 2.25. The molecule has 2 rings (SSSR count). The van der Waals surface area contributed by atoms with Gasteiger partial charge in [0.2, 0.25) is 11.8 Å². The average molecular weight is 253 g/mol. The van der Waals surface area contributed by atoms with Gasteiger partial charge in [-0.15, -0.1) is 0 Å². The highest BCUT2D eigenvalue weighted by Gasteiger charge is 2.41. The topological polar surface area (TPSA) is 52.7 Å². The molecule has 2 heterocycles. The first-order chi connectivity index (χ1) is 8.61. The van der Waals surface area contributed by atoms with Crippen LogP contribution in [0.5, 0.6) is 0 Å². The summed E-state index contributed by atoms with van der Waals surface area (Å²) >= 11 is 0. The lowest BCUT2D eigenvalue weighted by Gasteiger charge is -2.27.